The van der Waals surface area contributed by atoms with Crippen molar-refractivity contribution in [3.63, 3.8) is 0 Å². The van der Waals surface area contributed by atoms with Gasteiger partial charge < -0.3 is 0 Å². The number of hydrogen-bond acceptors (Lipinski definition) is 5. The van der Waals surface area contributed by atoms with Gasteiger partial charge in [0.15, 0.2) is 5.82 Å². The second kappa shape index (κ2) is 10.5. The van der Waals surface area contributed by atoms with E-state index < -0.39 is 0 Å². The van der Waals surface area contributed by atoms with Crippen molar-refractivity contribution in [2.75, 3.05) is 26.2 Å². The molecule has 29 heavy (non-hydrogen) atoms. The average molecular weight is 423 g/mol. The summed E-state index contributed by atoms with van der Waals surface area (Å²) in [6.07, 6.45) is 7.90. The summed E-state index contributed by atoms with van der Waals surface area (Å²) in [6.45, 7) is 7.19. The Labute approximate surface area is 178 Å². The van der Waals surface area contributed by atoms with Crippen LogP contribution in [0.4, 0.5) is 4.39 Å². The predicted molar refractivity (Wildman–Crippen MR) is 114 cm³/mol. The SMILES string of the molecule is CCC(c1nnnn1Cc1ccc(F)cc1)N1CCN(C2CCCCC2)CC1.Cl. The molecule has 0 bridgehead atoms. The standard InChI is InChI=1S/C21H31FN6.ClH/c1-2-20(27-14-12-26(13-15-27)19-6-4-3-5-7-19)21-23-24-25-28(21)16-17-8-10-18(22)11-9-17;/h8-11,19-20H,2-7,12-16H2,1H3;1H. The van der Waals surface area contributed by atoms with E-state index in [2.05, 4.69) is 32.2 Å². The molecule has 2 aromatic rings. The first-order valence-electron chi connectivity index (χ1n) is 10.7. The molecule has 0 spiro atoms. The summed E-state index contributed by atoms with van der Waals surface area (Å²) in [5.41, 5.74) is 1.01. The second-order valence-electron chi connectivity index (χ2n) is 8.11. The van der Waals surface area contributed by atoms with Crippen molar-refractivity contribution in [3.05, 3.63) is 41.5 Å². The fraction of sp³-hybridized carbons (Fsp3) is 0.667. The van der Waals surface area contributed by atoms with Crippen LogP contribution in [0.25, 0.3) is 0 Å². The third-order valence-electron chi connectivity index (χ3n) is 6.37. The van der Waals surface area contributed by atoms with E-state index in [0.29, 0.717) is 6.54 Å². The highest BCUT2D eigenvalue weighted by Crippen LogP contribution is 2.27. The molecule has 1 atom stereocenters. The summed E-state index contributed by atoms with van der Waals surface area (Å²) in [7, 11) is 0. The van der Waals surface area contributed by atoms with Gasteiger partial charge in [-0.1, -0.05) is 38.3 Å². The van der Waals surface area contributed by atoms with Gasteiger partial charge in [-0.25, -0.2) is 9.07 Å². The average Bonchev–Trinajstić information content (AvgIpc) is 3.19. The molecule has 0 N–H and O–H groups in total. The first-order chi connectivity index (χ1) is 13.7. The van der Waals surface area contributed by atoms with E-state index in [1.54, 1.807) is 12.1 Å². The molecule has 6 nitrogen and oxygen atoms in total. The Hall–Kier alpha value is -1.57. The lowest BCUT2D eigenvalue weighted by atomic mass is 9.93. The van der Waals surface area contributed by atoms with E-state index >= 15 is 0 Å². The Bertz CT molecular complexity index is 738. The molecule has 2 fully saturated rings. The molecule has 2 aliphatic rings. The van der Waals surface area contributed by atoms with Crippen LogP contribution in [0.2, 0.25) is 0 Å². The van der Waals surface area contributed by atoms with Gasteiger partial charge in [-0.3, -0.25) is 9.80 Å². The third kappa shape index (κ3) is 5.32. The minimum atomic E-state index is -0.219. The van der Waals surface area contributed by atoms with E-state index in [1.807, 2.05) is 4.68 Å². The zero-order valence-electron chi connectivity index (χ0n) is 17.2. The van der Waals surface area contributed by atoms with Crippen molar-refractivity contribution in [3.8, 4) is 0 Å². The number of rotatable bonds is 6. The maximum absolute atomic E-state index is 13.2. The fourth-order valence-electron chi connectivity index (χ4n) is 4.79. The van der Waals surface area contributed by atoms with Crippen molar-refractivity contribution in [1.82, 2.24) is 30.0 Å². The Morgan fingerprint density at radius 3 is 2.38 bits per heavy atom. The predicted octanol–water partition coefficient (Wildman–Crippen LogP) is 3.68. The number of nitrogens with zero attached hydrogens (tertiary/aromatic N) is 6. The molecular formula is C21H32ClFN6. The highest BCUT2D eigenvalue weighted by molar-refractivity contribution is 5.85. The molecule has 1 saturated heterocycles. The van der Waals surface area contributed by atoms with Crippen LogP contribution >= 0.6 is 12.4 Å². The van der Waals surface area contributed by atoms with E-state index in [1.165, 1.54) is 44.2 Å². The van der Waals surface area contributed by atoms with E-state index in [9.17, 15) is 4.39 Å². The minimum Gasteiger partial charge on any atom is -0.298 e. The van der Waals surface area contributed by atoms with E-state index in [4.69, 9.17) is 0 Å². The molecule has 4 rings (SSSR count). The number of benzene rings is 1. The van der Waals surface area contributed by atoms with Gasteiger partial charge in [0.1, 0.15) is 5.82 Å². The molecule has 1 aliphatic carbocycles. The lowest BCUT2D eigenvalue weighted by Crippen LogP contribution is -2.51. The van der Waals surface area contributed by atoms with Crippen LogP contribution in [0.3, 0.4) is 0 Å². The highest BCUT2D eigenvalue weighted by Gasteiger charge is 2.30. The van der Waals surface area contributed by atoms with Gasteiger partial charge in [-0.15, -0.1) is 17.5 Å². The first kappa shape index (κ1) is 22.1. The van der Waals surface area contributed by atoms with Gasteiger partial charge in [0.05, 0.1) is 12.6 Å². The molecule has 0 radical (unpaired) electrons. The van der Waals surface area contributed by atoms with Gasteiger partial charge in [-0.05, 0) is 47.4 Å². The van der Waals surface area contributed by atoms with Gasteiger partial charge in [-0.2, -0.15) is 0 Å². The van der Waals surface area contributed by atoms with Crippen LogP contribution < -0.4 is 0 Å². The molecule has 1 aromatic heterocycles. The third-order valence-corrected chi connectivity index (χ3v) is 6.37. The summed E-state index contributed by atoms with van der Waals surface area (Å²) in [5.74, 6) is 0.695. The molecular weight excluding hydrogens is 391 g/mol. The number of halogens is 2. The molecule has 1 aromatic carbocycles. The summed E-state index contributed by atoms with van der Waals surface area (Å²) in [5, 5.41) is 12.5. The molecule has 2 heterocycles. The number of tetrazole rings is 1. The highest BCUT2D eigenvalue weighted by atomic mass is 35.5. The minimum absolute atomic E-state index is 0. The lowest BCUT2D eigenvalue weighted by molar-refractivity contribution is 0.0516. The van der Waals surface area contributed by atoms with Gasteiger partial charge >= 0.3 is 0 Å². The Morgan fingerprint density at radius 1 is 1.03 bits per heavy atom. The van der Waals surface area contributed by atoms with Crippen molar-refractivity contribution in [2.24, 2.45) is 0 Å². The second-order valence-corrected chi connectivity index (χ2v) is 8.11. The lowest BCUT2D eigenvalue weighted by Gasteiger charge is -2.42. The number of hydrogen-bond donors (Lipinski definition) is 0. The van der Waals surface area contributed by atoms with Crippen LogP contribution in [0, 0.1) is 5.82 Å². The van der Waals surface area contributed by atoms with Gasteiger partial charge in [0, 0.05) is 32.2 Å². The maximum Gasteiger partial charge on any atom is 0.168 e. The van der Waals surface area contributed by atoms with Crippen LogP contribution in [0.15, 0.2) is 24.3 Å². The summed E-state index contributed by atoms with van der Waals surface area (Å²) < 4.78 is 15.0. The Morgan fingerprint density at radius 2 is 1.72 bits per heavy atom. The maximum atomic E-state index is 13.2. The van der Waals surface area contributed by atoms with Crippen molar-refractivity contribution in [2.45, 2.75) is 64.1 Å². The first-order valence-corrected chi connectivity index (χ1v) is 10.7. The molecule has 0 amide bonds. The zero-order valence-corrected chi connectivity index (χ0v) is 18.0. The topological polar surface area (TPSA) is 50.1 Å². The zero-order chi connectivity index (χ0) is 19.3. The molecule has 1 unspecified atom stereocenters. The molecule has 160 valence electrons. The number of aromatic nitrogens is 4. The molecule has 1 aliphatic heterocycles. The monoisotopic (exact) mass is 422 g/mol. The van der Waals surface area contributed by atoms with Crippen molar-refractivity contribution in [1.29, 1.82) is 0 Å². The van der Waals surface area contributed by atoms with E-state index in [0.717, 1.165) is 50.0 Å². The van der Waals surface area contributed by atoms with Crippen molar-refractivity contribution < 1.29 is 4.39 Å². The van der Waals surface area contributed by atoms with Gasteiger partial charge in [0.25, 0.3) is 0 Å². The Kier molecular flexibility index (Phi) is 7.98. The fourth-order valence-corrected chi connectivity index (χ4v) is 4.79. The summed E-state index contributed by atoms with van der Waals surface area (Å²) in [4.78, 5) is 5.23. The van der Waals surface area contributed by atoms with Crippen LogP contribution in [-0.2, 0) is 6.54 Å². The smallest absolute Gasteiger partial charge is 0.168 e. The van der Waals surface area contributed by atoms with Crippen molar-refractivity contribution >= 4 is 12.4 Å². The summed E-state index contributed by atoms with van der Waals surface area (Å²) >= 11 is 0. The Balaban J connectivity index is 0.00000240. The molecule has 1 saturated carbocycles. The van der Waals surface area contributed by atoms with Crippen LogP contribution in [0.5, 0.6) is 0 Å². The quantitative estimate of drug-likeness (QED) is 0.710. The number of piperazine rings is 1. The van der Waals surface area contributed by atoms with Gasteiger partial charge in [0.2, 0.25) is 0 Å². The summed E-state index contributed by atoms with van der Waals surface area (Å²) in [6, 6.07) is 7.58. The normalized spacial score (nSPS) is 20.3. The van der Waals surface area contributed by atoms with E-state index in [-0.39, 0.29) is 24.3 Å². The van der Waals surface area contributed by atoms with Crippen LogP contribution in [-0.4, -0.2) is 62.2 Å². The largest absolute Gasteiger partial charge is 0.298 e. The molecule has 8 heteroatoms. The van der Waals surface area contributed by atoms with Crippen LogP contribution in [0.1, 0.15) is 62.9 Å².